The smallest absolute Gasteiger partial charge is 0.237 e. The molecule has 2 rings (SSSR count). The molecule has 0 saturated carbocycles. The SMILES string of the molecule is COc1ccc(CCNCC(=O)N2C[C@@H](F)C[C@H]2C#N)cc1OC.Cl. The Kier molecular flexibility index (Phi) is 8.46. The lowest BCUT2D eigenvalue weighted by Crippen LogP contribution is -2.41. The fraction of sp³-hybridized carbons (Fsp3) is 0.529. The summed E-state index contributed by atoms with van der Waals surface area (Å²) >= 11 is 0. The number of alkyl halides is 1. The van der Waals surface area contributed by atoms with Gasteiger partial charge in [-0.3, -0.25) is 4.79 Å². The van der Waals surface area contributed by atoms with Crippen molar-refractivity contribution in [2.75, 3.05) is 33.9 Å². The maximum atomic E-state index is 13.3. The van der Waals surface area contributed by atoms with E-state index in [0.29, 0.717) is 24.5 Å². The van der Waals surface area contributed by atoms with Crippen molar-refractivity contribution >= 4 is 18.3 Å². The van der Waals surface area contributed by atoms with E-state index in [-0.39, 0.29) is 37.8 Å². The van der Waals surface area contributed by atoms with Gasteiger partial charge in [-0.15, -0.1) is 12.4 Å². The van der Waals surface area contributed by atoms with Crippen LogP contribution in [0.5, 0.6) is 11.5 Å². The molecule has 0 unspecified atom stereocenters. The Bertz CT molecular complexity index is 624. The van der Waals surface area contributed by atoms with Gasteiger partial charge in [-0.2, -0.15) is 5.26 Å². The van der Waals surface area contributed by atoms with Crippen LogP contribution in [0.25, 0.3) is 0 Å². The second-order valence-corrected chi connectivity index (χ2v) is 5.64. The van der Waals surface area contributed by atoms with Gasteiger partial charge in [-0.05, 0) is 30.7 Å². The van der Waals surface area contributed by atoms with Crippen molar-refractivity contribution in [1.29, 1.82) is 5.26 Å². The van der Waals surface area contributed by atoms with E-state index >= 15 is 0 Å². The molecule has 1 aliphatic rings. The van der Waals surface area contributed by atoms with Crippen molar-refractivity contribution < 1.29 is 18.7 Å². The first kappa shape index (κ1) is 21.0. The third kappa shape index (κ3) is 5.48. The normalized spacial score (nSPS) is 19.0. The Hall–Kier alpha value is -2.04. The molecule has 8 heteroatoms. The van der Waals surface area contributed by atoms with Crippen LogP contribution < -0.4 is 14.8 Å². The average molecular weight is 372 g/mol. The minimum Gasteiger partial charge on any atom is -0.493 e. The predicted octanol–water partition coefficient (Wildman–Crippen LogP) is 1.72. The lowest BCUT2D eigenvalue weighted by atomic mass is 10.1. The molecule has 138 valence electrons. The summed E-state index contributed by atoms with van der Waals surface area (Å²) < 4.78 is 23.8. The highest BCUT2D eigenvalue weighted by Crippen LogP contribution is 2.27. The van der Waals surface area contributed by atoms with Gasteiger partial charge < -0.3 is 19.7 Å². The van der Waals surface area contributed by atoms with Crippen LogP contribution in [-0.2, 0) is 11.2 Å². The Morgan fingerprint density at radius 1 is 1.40 bits per heavy atom. The van der Waals surface area contributed by atoms with E-state index in [2.05, 4.69) is 5.32 Å². The second kappa shape index (κ2) is 10.1. The molecule has 25 heavy (non-hydrogen) atoms. The van der Waals surface area contributed by atoms with E-state index in [4.69, 9.17) is 14.7 Å². The maximum absolute atomic E-state index is 13.3. The zero-order valence-electron chi connectivity index (χ0n) is 14.3. The summed E-state index contributed by atoms with van der Waals surface area (Å²) in [7, 11) is 3.16. The first-order chi connectivity index (χ1) is 11.6. The van der Waals surface area contributed by atoms with Crippen LogP contribution >= 0.6 is 12.4 Å². The summed E-state index contributed by atoms with van der Waals surface area (Å²) in [6, 6.07) is 6.99. The van der Waals surface area contributed by atoms with Crippen molar-refractivity contribution in [2.24, 2.45) is 0 Å². The van der Waals surface area contributed by atoms with E-state index in [1.807, 2.05) is 24.3 Å². The van der Waals surface area contributed by atoms with Crippen LogP contribution in [0.3, 0.4) is 0 Å². The number of halogens is 2. The number of hydrogen-bond acceptors (Lipinski definition) is 5. The highest BCUT2D eigenvalue weighted by molar-refractivity contribution is 5.85. The number of likely N-dealkylation sites (tertiary alicyclic amines) is 1. The summed E-state index contributed by atoms with van der Waals surface area (Å²) in [5.74, 6) is 1.09. The fourth-order valence-electron chi connectivity index (χ4n) is 2.75. The standard InChI is InChI=1S/C17H22FN3O3.ClH/c1-23-15-4-3-12(7-16(15)24-2)5-6-20-10-17(22)21-11-13(18)8-14(21)9-19;/h3-4,7,13-14,20H,5-6,8,10-11H2,1-2H3;1H/t13-,14-;/m0./s1. The van der Waals surface area contributed by atoms with E-state index in [0.717, 1.165) is 5.56 Å². The molecule has 1 amide bonds. The van der Waals surface area contributed by atoms with Gasteiger partial charge in [0.25, 0.3) is 0 Å². The van der Waals surface area contributed by atoms with Gasteiger partial charge >= 0.3 is 0 Å². The Balaban J connectivity index is 0.00000312. The monoisotopic (exact) mass is 371 g/mol. The quantitative estimate of drug-likeness (QED) is 0.739. The molecule has 1 aromatic carbocycles. The van der Waals surface area contributed by atoms with Crippen LogP contribution in [0, 0.1) is 11.3 Å². The van der Waals surface area contributed by atoms with Crippen LogP contribution in [0.1, 0.15) is 12.0 Å². The molecule has 0 aliphatic carbocycles. The highest BCUT2D eigenvalue weighted by atomic mass is 35.5. The number of nitrogens with one attached hydrogen (secondary N) is 1. The largest absolute Gasteiger partial charge is 0.493 e. The van der Waals surface area contributed by atoms with Gasteiger partial charge in [0.2, 0.25) is 5.91 Å². The number of amides is 1. The number of benzene rings is 1. The molecule has 1 aliphatic heterocycles. The zero-order chi connectivity index (χ0) is 17.5. The van der Waals surface area contributed by atoms with Gasteiger partial charge in [-0.1, -0.05) is 6.07 Å². The number of hydrogen-bond donors (Lipinski definition) is 1. The molecule has 2 atom stereocenters. The number of nitrogens with zero attached hydrogens (tertiary/aromatic N) is 2. The van der Waals surface area contributed by atoms with Gasteiger partial charge in [0.05, 0.1) is 33.4 Å². The molecule has 1 N–H and O–H groups in total. The van der Waals surface area contributed by atoms with Crippen LogP contribution in [0.4, 0.5) is 4.39 Å². The van der Waals surface area contributed by atoms with Crippen LogP contribution in [0.15, 0.2) is 18.2 Å². The molecule has 1 fully saturated rings. The summed E-state index contributed by atoms with van der Waals surface area (Å²) in [4.78, 5) is 13.4. The Morgan fingerprint density at radius 2 is 2.12 bits per heavy atom. The number of rotatable bonds is 7. The highest BCUT2D eigenvalue weighted by Gasteiger charge is 2.34. The van der Waals surface area contributed by atoms with Crippen LogP contribution in [0.2, 0.25) is 0 Å². The van der Waals surface area contributed by atoms with E-state index in [9.17, 15) is 9.18 Å². The van der Waals surface area contributed by atoms with E-state index < -0.39 is 12.2 Å². The summed E-state index contributed by atoms with van der Waals surface area (Å²) in [6.07, 6.45) is -0.292. The summed E-state index contributed by atoms with van der Waals surface area (Å²) in [5, 5.41) is 12.0. The third-order valence-electron chi connectivity index (χ3n) is 4.03. The number of carbonyl (C=O) groups excluding carboxylic acids is 1. The minimum absolute atomic E-state index is 0. The first-order valence-electron chi connectivity index (χ1n) is 7.83. The molecular weight excluding hydrogens is 349 g/mol. The molecule has 1 saturated heterocycles. The first-order valence-corrected chi connectivity index (χ1v) is 7.83. The topological polar surface area (TPSA) is 74.6 Å². The molecular formula is C17H23ClFN3O3. The van der Waals surface area contributed by atoms with Crippen molar-refractivity contribution in [3.8, 4) is 17.6 Å². The Labute approximate surface area is 153 Å². The molecule has 0 radical (unpaired) electrons. The van der Waals surface area contributed by atoms with Crippen molar-refractivity contribution in [2.45, 2.75) is 25.1 Å². The summed E-state index contributed by atoms with van der Waals surface area (Å²) in [5.41, 5.74) is 1.05. The Morgan fingerprint density at radius 3 is 2.76 bits per heavy atom. The van der Waals surface area contributed by atoms with E-state index in [1.54, 1.807) is 14.2 Å². The molecule has 1 aromatic rings. The minimum atomic E-state index is -1.11. The van der Waals surface area contributed by atoms with Crippen molar-refractivity contribution in [3.05, 3.63) is 23.8 Å². The van der Waals surface area contributed by atoms with E-state index in [1.165, 1.54) is 4.90 Å². The molecule has 6 nitrogen and oxygen atoms in total. The van der Waals surface area contributed by atoms with Crippen molar-refractivity contribution in [1.82, 2.24) is 10.2 Å². The van der Waals surface area contributed by atoms with Gasteiger partial charge in [0, 0.05) is 6.42 Å². The molecule has 0 spiro atoms. The number of ether oxygens (including phenoxy) is 2. The number of nitriles is 1. The molecule has 0 aromatic heterocycles. The van der Waals surface area contributed by atoms with Gasteiger partial charge in [0.1, 0.15) is 12.2 Å². The average Bonchev–Trinajstić information content (AvgIpc) is 2.99. The third-order valence-corrected chi connectivity index (χ3v) is 4.03. The van der Waals surface area contributed by atoms with Gasteiger partial charge in [-0.25, -0.2) is 4.39 Å². The predicted molar refractivity (Wildman–Crippen MR) is 94.0 cm³/mol. The molecule has 1 heterocycles. The summed E-state index contributed by atoms with van der Waals surface area (Å²) in [6.45, 7) is 0.692. The number of carbonyl (C=O) groups is 1. The zero-order valence-corrected chi connectivity index (χ0v) is 15.1. The maximum Gasteiger partial charge on any atom is 0.237 e. The second-order valence-electron chi connectivity index (χ2n) is 5.64. The van der Waals surface area contributed by atoms with Crippen molar-refractivity contribution in [3.63, 3.8) is 0 Å². The molecule has 0 bridgehead atoms. The lowest BCUT2D eigenvalue weighted by Gasteiger charge is -2.19. The number of methoxy groups -OCH3 is 2. The van der Waals surface area contributed by atoms with Crippen LogP contribution in [-0.4, -0.2) is 56.9 Å². The lowest BCUT2D eigenvalue weighted by molar-refractivity contribution is -0.130. The fourth-order valence-corrected chi connectivity index (χ4v) is 2.75. The van der Waals surface area contributed by atoms with Gasteiger partial charge in [0.15, 0.2) is 11.5 Å².